The Morgan fingerprint density at radius 3 is 2.71 bits per heavy atom. The van der Waals surface area contributed by atoms with Crippen molar-refractivity contribution in [2.45, 2.75) is 20.0 Å². The summed E-state index contributed by atoms with van der Waals surface area (Å²) in [5, 5.41) is 9.44. The minimum atomic E-state index is -0.00875. The molecule has 1 N–H and O–H groups in total. The lowest BCUT2D eigenvalue weighted by Crippen LogP contribution is -2.06. The number of ketones is 1. The minimum Gasteiger partial charge on any atom is -0.392 e. The van der Waals surface area contributed by atoms with Crippen LogP contribution in [0.25, 0.3) is 0 Å². The molecule has 0 aliphatic heterocycles. The van der Waals surface area contributed by atoms with Gasteiger partial charge in [0.05, 0.1) is 11.9 Å². The highest BCUT2D eigenvalue weighted by Gasteiger charge is 2.06. The van der Waals surface area contributed by atoms with Crippen molar-refractivity contribution in [3.05, 3.63) is 34.9 Å². The molecule has 3 heteroatoms. The number of aliphatic hydroxyl groups excluding tert-OH is 1. The molecule has 0 aromatic heterocycles. The Hall–Kier alpha value is -0.670. The number of carbonyl (C=O) groups excluding carboxylic acids is 1. The van der Waals surface area contributed by atoms with Gasteiger partial charge in [-0.3, -0.25) is 4.79 Å². The Labute approximate surface area is 92.1 Å². The van der Waals surface area contributed by atoms with Gasteiger partial charge in [-0.25, -0.2) is 0 Å². The zero-order chi connectivity index (χ0) is 10.6. The molecule has 0 aliphatic rings. The fraction of sp³-hybridized carbons (Fsp3) is 0.364. The quantitative estimate of drug-likeness (QED) is 0.837. The smallest absolute Gasteiger partial charge is 0.147 e. The molecule has 0 saturated heterocycles. The maximum atomic E-state index is 11.2. The van der Waals surface area contributed by atoms with Gasteiger partial charge in [-0.05, 0) is 18.1 Å². The van der Waals surface area contributed by atoms with E-state index < -0.39 is 0 Å². The Kier molecular flexibility index (Phi) is 4.29. The van der Waals surface area contributed by atoms with Crippen molar-refractivity contribution in [2.24, 2.45) is 0 Å². The summed E-state index contributed by atoms with van der Waals surface area (Å²) in [5.41, 5.74) is 2.88. The highest BCUT2D eigenvalue weighted by atomic mass is 79.9. The van der Waals surface area contributed by atoms with E-state index in [-0.39, 0.29) is 12.4 Å². The van der Waals surface area contributed by atoms with Gasteiger partial charge in [0.25, 0.3) is 0 Å². The maximum Gasteiger partial charge on any atom is 0.147 e. The fourth-order valence-electron chi connectivity index (χ4n) is 1.33. The first-order chi connectivity index (χ1) is 6.67. The van der Waals surface area contributed by atoms with Gasteiger partial charge in [0.1, 0.15) is 5.78 Å². The number of alkyl halides is 1. The topological polar surface area (TPSA) is 37.3 Å². The number of hydrogen-bond acceptors (Lipinski definition) is 2. The lowest BCUT2D eigenvalue weighted by atomic mass is 10.0. The molecule has 1 aromatic carbocycles. The van der Waals surface area contributed by atoms with Crippen LogP contribution in [0.1, 0.15) is 16.7 Å². The first kappa shape index (κ1) is 11.4. The summed E-state index contributed by atoms with van der Waals surface area (Å²) < 4.78 is 0. The number of aliphatic hydroxyl groups is 1. The summed E-state index contributed by atoms with van der Waals surface area (Å²) in [7, 11) is 0. The van der Waals surface area contributed by atoms with E-state index in [1.807, 2.05) is 25.1 Å². The third-order valence-corrected chi connectivity index (χ3v) is 2.69. The largest absolute Gasteiger partial charge is 0.392 e. The van der Waals surface area contributed by atoms with Gasteiger partial charge in [-0.1, -0.05) is 39.7 Å². The van der Waals surface area contributed by atoms with E-state index in [1.54, 1.807) is 0 Å². The van der Waals surface area contributed by atoms with E-state index in [1.165, 1.54) is 0 Å². The number of benzene rings is 1. The Morgan fingerprint density at radius 1 is 1.43 bits per heavy atom. The lowest BCUT2D eigenvalue weighted by Gasteiger charge is -2.06. The summed E-state index contributed by atoms with van der Waals surface area (Å²) in [5.74, 6) is 0.130. The molecule has 0 radical (unpaired) electrons. The van der Waals surface area contributed by atoms with Gasteiger partial charge >= 0.3 is 0 Å². The van der Waals surface area contributed by atoms with Crippen LogP contribution in [0.4, 0.5) is 0 Å². The normalized spacial score (nSPS) is 10.2. The number of hydrogen-bond donors (Lipinski definition) is 1. The molecule has 14 heavy (non-hydrogen) atoms. The molecule has 0 saturated carbocycles. The monoisotopic (exact) mass is 256 g/mol. The first-order valence-corrected chi connectivity index (χ1v) is 5.56. The molecule has 0 atom stereocenters. The molecule has 1 aromatic rings. The van der Waals surface area contributed by atoms with Crippen LogP contribution in [0.15, 0.2) is 18.2 Å². The van der Waals surface area contributed by atoms with Crippen LogP contribution in [0.5, 0.6) is 0 Å². The molecule has 76 valence electrons. The molecule has 0 aliphatic carbocycles. The van der Waals surface area contributed by atoms with Crippen LogP contribution < -0.4 is 0 Å². The van der Waals surface area contributed by atoms with Crippen LogP contribution >= 0.6 is 15.9 Å². The van der Waals surface area contributed by atoms with Gasteiger partial charge in [-0.15, -0.1) is 0 Å². The number of halogens is 1. The Morgan fingerprint density at radius 2 is 2.14 bits per heavy atom. The van der Waals surface area contributed by atoms with Gasteiger partial charge in [0.15, 0.2) is 0 Å². The van der Waals surface area contributed by atoms with Gasteiger partial charge in [-0.2, -0.15) is 0 Å². The van der Waals surface area contributed by atoms with Crippen molar-refractivity contribution in [3.8, 4) is 0 Å². The molecular formula is C11H13BrO2. The third-order valence-electron chi connectivity index (χ3n) is 2.07. The highest BCUT2D eigenvalue weighted by molar-refractivity contribution is 9.09. The molecular weight excluding hydrogens is 244 g/mol. The lowest BCUT2D eigenvalue weighted by molar-refractivity contribution is -0.115. The number of Topliss-reactive ketones (excluding diaryl/α,β-unsaturated/α-hetero) is 1. The van der Waals surface area contributed by atoms with Crippen molar-refractivity contribution in [3.63, 3.8) is 0 Å². The Balaban J connectivity index is 2.93. The van der Waals surface area contributed by atoms with Crippen LogP contribution in [0, 0.1) is 6.92 Å². The molecule has 1 rings (SSSR count). The van der Waals surface area contributed by atoms with E-state index in [2.05, 4.69) is 15.9 Å². The number of aryl methyl sites for hydroxylation is 1. The van der Waals surface area contributed by atoms with Gasteiger partial charge in [0.2, 0.25) is 0 Å². The summed E-state index contributed by atoms with van der Waals surface area (Å²) in [6, 6.07) is 5.76. The zero-order valence-electron chi connectivity index (χ0n) is 8.09. The van der Waals surface area contributed by atoms with Gasteiger partial charge in [0, 0.05) is 6.42 Å². The second-order valence-corrected chi connectivity index (χ2v) is 3.84. The van der Waals surface area contributed by atoms with E-state index in [0.29, 0.717) is 11.8 Å². The van der Waals surface area contributed by atoms with Gasteiger partial charge < -0.3 is 5.11 Å². The summed E-state index contributed by atoms with van der Waals surface area (Å²) >= 11 is 3.13. The molecule has 0 bridgehead atoms. The van der Waals surface area contributed by atoms with Crippen molar-refractivity contribution < 1.29 is 9.90 Å². The zero-order valence-corrected chi connectivity index (χ0v) is 9.67. The van der Waals surface area contributed by atoms with Crippen LogP contribution in [0.3, 0.4) is 0 Å². The van der Waals surface area contributed by atoms with Crippen LogP contribution in [-0.2, 0) is 17.8 Å². The molecule has 2 nitrogen and oxygen atoms in total. The van der Waals surface area contributed by atoms with Crippen LogP contribution in [-0.4, -0.2) is 16.2 Å². The first-order valence-electron chi connectivity index (χ1n) is 4.44. The minimum absolute atomic E-state index is 0.00875. The van der Waals surface area contributed by atoms with Crippen molar-refractivity contribution >= 4 is 21.7 Å². The molecule has 0 amide bonds. The number of carbonyl (C=O) groups is 1. The summed E-state index contributed by atoms with van der Waals surface area (Å²) in [6.07, 6.45) is 0.392. The van der Waals surface area contributed by atoms with Crippen molar-refractivity contribution in [1.29, 1.82) is 0 Å². The van der Waals surface area contributed by atoms with E-state index >= 15 is 0 Å². The van der Waals surface area contributed by atoms with Crippen molar-refractivity contribution in [1.82, 2.24) is 0 Å². The maximum absolute atomic E-state index is 11.2. The van der Waals surface area contributed by atoms with Crippen LogP contribution in [0.2, 0.25) is 0 Å². The fourth-order valence-corrected chi connectivity index (χ4v) is 1.53. The average molecular weight is 257 g/mol. The SMILES string of the molecule is Cc1ccc(CO)c(CC(=O)CBr)c1. The predicted molar refractivity (Wildman–Crippen MR) is 59.6 cm³/mol. The average Bonchev–Trinajstić information content (AvgIpc) is 2.18. The van der Waals surface area contributed by atoms with Crippen molar-refractivity contribution in [2.75, 3.05) is 5.33 Å². The van der Waals surface area contributed by atoms with E-state index in [4.69, 9.17) is 5.11 Å². The molecule has 0 spiro atoms. The van der Waals surface area contributed by atoms with E-state index in [9.17, 15) is 4.79 Å². The second kappa shape index (κ2) is 5.27. The molecule has 0 unspecified atom stereocenters. The predicted octanol–water partition coefficient (Wildman–Crippen LogP) is 1.99. The highest BCUT2D eigenvalue weighted by Crippen LogP contribution is 2.13. The molecule has 0 heterocycles. The molecule has 0 fully saturated rings. The van der Waals surface area contributed by atoms with E-state index in [0.717, 1.165) is 16.7 Å². The third kappa shape index (κ3) is 2.93. The summed E-state index contributed by atoms with van der Waals surface area (Å²) in [4.78, 5) is 11.2. The second-order valence-electron chi connectivity index (χ2n) is 3.28. The Bertz CT molecular complexity index is 334. The summed E-state index contributed by atoms with van der Waals surface area (Å²) in [6.45, 7) is 1.97. The number of rotatable bonds is 4. The standard InChI is InChI=1S/C11H13BrO2/c1-8-2-3-9(7-13)10(4-8)5-11(14)6-12/h2-4,13H,5-7H2,1H3.